The quantitative estimate of drug-likeness (QED) is 0.393. The number of carbonyl (C=O) groups excluding carboxylic acids is 2. The Bertz CT molecular complexity index is 1610. The average Bonchev–Trinajstić information content (AvgIpc) is 3.69. The molecule has 0 atom stereocenters. The summed E-state index contributed by atoms with van der Waals surface area (Å²) in [4.78, 5) is 48.7. The lowest BCUT2D eigenvalue weighted by molar-refractivity contribution is -0.137. The number of fused-ring (bicyclic) bond motifs is 1. The summed E-state index contributed by atoms with van der Waals surface area (Å²) in [7, 11) is 0. The first-order valence-electron chi connectivity index (χ1n) is 13.1. The summed E-state index contributed by atoms with van der Waals surface area (Å²) in [5.74, 6) is 0.0524. The Morgan fingerprint density at radius 2 is 1.90 bits per heavy atom. The lowest BCUT2D eigenvalue weighted by atomic mass is 9.91. The SMILES string of the molecule is Cc1ccc(C(=O)Nc2cccc(-n3ncc4c(=O)n(CC5(O)CCN(C(=O)C6CC6)CC5)cnc43)c2)cn1. The van der Waals surface area contributed by atoms with E-state index in [4.69, 9.17) is 0 Å². The van der Waals surface area contributed by atoms with E-state index in [0.717, 1.165) is 18.5 Å². The van der Waals surface area contributed by atoms with Gasteiger partial charge in [-0.25, -0.2) is 9.67 Å². The molecule has 2 N–H and O–H groups in total. The number of aliphatic hydroxyl groups is 1. The molecular formula is C28H29N7O4. The zero-order valence-corrected chi connectivity index (χ0v) is 21.6. The first kappa shape index (κ1) is 24.9. The van der Waals surface area contributed by atoms with Gasteiger partial charge in [-0.1, -0.05) is 6.07 Å². The Kier molecular flexibility index (Phi) is 6.22. The van der Waals surface area contributed by atoms with Gasteiger partial charge < -0.3 is 15.3 Å². The van der Waals surface area contributed by atoms with Crippen LogP contribution in [0.4, 0.5) is 5.69 Å². The number of nitrogens with zero attached hydrogens (tertiary/aromatic N) is 6. The van der Waals surface area contributed by atoms with Gasteiger partial charge in [0.1, 0.15) is 11.7 Å². The molecular weight excluding hydrogens is 498 g/mol. The average molecular weight is 528 g/mol. The van der Waals surface area contributed by atoms with Gasteiger partial charge in [0.15, 0.2) is 5.65 Å². The zero-order chi connectivity index (χ0) is 27.1. The number of anilines is 1. The molecule has 3 aromatic heterocycles. The van der Waals surface area contributed by atoms with Crippen LogP contribution < -0.4 is 10.9 Å². The molecule has 6 rings (SSSR count). The molecule has 1 aliphatic heterocycles. The minimum absolute atomic E-state index is 0.0980. The number of rotatable bonds is 6. The molecule has 1 aromatic carbocycles. The number of benzene rings is 1. The maximum atomic E-state index is 13.3. The molecule has 11 heteroatoms. The summed E-state index contributed by atoms with van der Waals surface area (Å²) in [6.45, 7) is 2.93. The standard InChI is InChI=1S/C28H29N7O4/c1-18-5-6-20(14-29-18)25(36)32-21-3-2-4-22(13-21)35-24-23(15-31-35)27(38)34(17-30-24)16-28(39)9-11-33(12-10-28)26(37)19-7-8-19/h2-6,13-15,17,19,39H,7-12,16H2,1H3,(H,32,36). The summed E-state index contributed by atoms with van der Waals surface area (Å²) < 4.78 is 2.96. The second kappa shape index (κ2) is 9.73. The maximum absolute atomic E-state index is 13.3. The number of carbonyl (C=O) groups is 2. The van der Waals surface area contributed by atoms with Crippen LogP contribution in [0, 0.1) is 12.8 Å². The first-order chi connectivity index (χ1) is 18.8. The second-order valence-electron chi connectivity index (χ2n) is 10.5. The van der Waals surface area contributed by atoms with Crippen LogP contribution >= 0.6 is 0 Å². The van der Waals surface area contributed by atoms with Crippen molar-refractivity contribution in [1.82, 2.24) is 29.2 Å². The van der Waals surface area contributed by atoms with Gasteiger partial charge in [0.05, 0.1) is 29.6 Å². The Balaban J connectivity index is 1.19. The van der Waals surface area contributed by atoms with Crippen LogP contribution in [0.15, 0.2) is 59.9 Å². The number of aryl methyl sites for hydroxylation is 1. The third-order valence-electron chi connectivity index (χ3n) is 7.47. The second-order valence-corrected chi connectivity index (χ2v) is 10.5. The van der Waals surface area contributed by atoms with Crippen molar-refractivity contribution in [3.8, 4) is 5.69 Å². The molecule has 1 aliphatic carbocycles. The minimum atomic E-state index is -1.09. The van der Waals surface area contributed by atoms with Crippen molar-refractivity contribution < 1.29 is 14.7 Å². The van der Waals surface area contributed by atoms with Crippen LogP contribution in [0.2, 0.25) is 0 Å². The van der Waals surface area contributed by atoms with Gasteiger partial charge in [0.2, 0.25) is 5.91 Å². The fourth-order valence-corrected chi connectivity index (χ4v) is 4.98. The topological polar surface area (TPSA) is 135 Å². The predicted molar refractivity (Wildman–Crippen MR) is 144 cm³/mol. The summed E-state index contributed by atoms with van der Waals surface area (Å²) in [6, 6.07) is 10.6. The van der Waals surface area contributed by atoms with Crippen molar-refractivity contribution >= 4 is 28.5 Å². The predicted octanol–water partition coefficient (Wildman–Crippen LogP) is 2.30. The van der Waals surface area contributed by atoms with Gasteiger partial charge in [-0.3, -0.25) is 23.9 Å². The van der Waals surface area contributed by atoms with Crippen molar-refractivity contribution in [1.29, 1.82) is 0 Å². The smallest absolute Gasteiger partial charge is 0.264 e. The van der Waals surface area contributed by atoms with Crippen LogP contribution in [0.1, 0.15) is 41.7 Å². The third kappa shape index (κ3) is 5.05. The lowest BCUT2D eigenvalue weighted by Crippen LogP contribution is -2.50. The Morgan fingerprint density at radius 1 is 1.10 bits per heavy atom. The highest BCUT2D eigenvalue weighted by Crippen LogP contribution is 2.33. The van der Waals surface area contributed by atoms with E-state index in [2.05, 4.69) is 20.4 Å². The number of aromatic nitrogens is 5. The van der Waals surface area contributed by atoms with Crippen molar-refractivity contribution in [3.05, 3.63) is 76.7 Å². The summed E-state index contributed by atoms with van der Waals surface area (Å²) >= 11 is 0. The van der Waals surface area contributed by atoms with Gasteiger partial charge in [-0.15, -0.1) is 0 Å². The van der Waals surface area contributed by atoms with Gasteiger partial charge >= 0.3 is 0 Å². The van der Waals surface area contributed by atoms with Crippen LogP contribution in [0.25, 0.3) is 16.7 Å². The summed E-state index contributed by atoms with van der Waals surface area (Å²) in [5.41, 5.74) is 1.44. The maximum Gasteiger partial charge on any atom is 0.264 e. The largest absolute Gasteiger partial charge is 0.388 e. The molecule has 4 heterocycles. The molecule has 4 aromatic rings. The van der Waals surface area contributed by atoms with E-state index in [-0.39, 0.29) is 29.8 Å². The summed E-state index contributed by atoms with van der Waals surface area (Å²) in [6.07, 6.45) is 7.15. The highest BCUT2D eigenvalue weighted by Gasteiger charge is 2.39. The highest BCUT2D eigenvalue weighted by molar-refractivity contribution is 6.04. The van der Waals surface area contributed by atoms with Crippen molar-refractivity contribution in [2.75, 3.05) is 18.4 Å². The first-order valence-corrected chi connectivity index (χ1v) is 13.1. The van der Waals surface area contributed by atoms with Crippen molar-refractivity contribution in [2.24, 2.45) is 5.92 Å². The Morgan fingerprint density at radius 3 is 2.62 bits per heavy atom. The third-order valence-corrected chi connectivity index (χ3v) is 7.47. The highest BCUT2D eigenvalue weighted by atomic mass is 16.3. The number of nitrogens with one attached hydrogen (secondary N) is 1. The Labute approximate surface area is 224 Å². The molecule has 1 saturated carbocycles. The molecule has 0 radical (unpaired) electrons. The zero-order valence-electron chi connectivity index (χ0n) is 21.6. The van der Waals surface area contributed by atoms with Crippen LogP contribution in [0.5, 0.6) is 0 Å². The fraction of sp³-hybridized carbons (Fsp3) is 0.357. The van der Waals surface area contributed by atoms with Crippen molar-refractivity contribution in [2.45, 2.75) is 44.8 Å². The van der Waals surface area contributed by atoms with E-state index in [0.29, 0.717) is 53.9 Å². The molecule has 11 nitrogen and oxygen atoms in total. The number of hydrogen-bond donors (Lipinski definition) is 2. The molecule has 0 bridgehead atoms. The van der Waals surface area contributed by atoms with E-state index >= 15 is 0 Å². The molecule has 0 spiro atoms. The van der Waals surface area contributed by atoms with Gasteiger partial charge in [-0.2, -0.15) is 5.10 Å². The summed E-state index contributed by atoms with van der Waals surface area (Å²) in [5, 5.41) is 18.7. The molecule has 0 unspecified atom stereocenters. The van der Waals surface area contributed by atoms with E-state index in [1.165, 1.54) is 23.3 Å². The lowest BCUT2D eigenvalue weighted by Gasteiger charge is -2.38. The molecule has 2 aliphatic rings. The molecule has 2 amide bonds. The normalized spacial score (nSPS) is 16.8. The van der Waals surface area contributed by atoms with Gasteiger partial charge in [-0.05, 0) is 62.9 Å². The fourth-order valence-electron chi connectivity index (χ4n) is 4.98. The van der Waals surface area contributed by atoms with E-state index in [1.807, 2.05) is 17.9 Å². The van der Waals surface area contributed by atoms with E-state index in [9.17, 15) is 19.5 Å². The van der Waals surface area contributed by atoms with E-state index < -0.39 is 5.60 Å². The molecule has 2 fully saturated rings. The molecule has 39 heavy (non-hydrogen) atoms. The van der Waals surface area contributed by atoms with Crippen molar-refractivity contribution in [3.63, 3.8) is 0 Å². The molecule has 200 valence electrons. The number of pyridine rings is 1. The van der Waals surface area contributed by atoms with Gasteiger partial charge in [0.25, 0.3) is 11.5 Å². The number of likely N-dealkylation sites (tertiary alicyclic amines) is 1. The molecule has 1 saturated heterocycles. The van der Waals surface area contributed by atoms with Crippen LogP contribution in [-0.4, -0.2) is 64.8 Å². The number of hydrogen-bond acceptors (Lipinski definition) is 7. The number of amides is 2. The Hall–Kier alpha value is -4.38. The number of piperidine rings is 1. The van der Waals surface area contributed by atoms with Crippen LogP contribution in [-0.2, 0) is 11.3 Å². The van der Waals surface area contributed by atoms with Gasteiger partial charge in [0, 0.05) is 36.6 Å². The van der Waals surface area contributed by atoms with Crippen LogP contribution in [0.3, 0.4) is 0 Å². The monoisotopic (exact) mass is 527 g/mol. The van der Waals surface area contributed by atoms with E-state index in [1.54, 1.807) is 35.0 Å². The minimum Gasteiger partial charge on any atom is -0.388 e.